The van der Waals surface area contributed by atoms with Crippen LogP contribution in [-0.2, 0) is 0 Å². The van der Waals surface area contributed by atoms with Crippen molar-refractivity contribution in [2.24, 2.45) is 0 Å². The second kappa shape index (κ2) is 5.29. The van der Waals surface area contributed by atoms with Gasteiger partial charge in [0.15, 0.2) is 0 Å². The molecule has 2 amide bonds. The van der Waals surface area contributed by atoms with Crippen molar-refractivity contribution in [3.05, 3.63) is 24.3 Å². The Morgan fingerprint density at radius 3 is 2.39 bits per heavy atom. The zero-order valence-electron chi connectivity index (χ0n) is 10.8. The second-order valence-electron chi connectivity index (χ2n) is 5.32. The molecule has 0 spiro atoms. The molecule has 1 fully saturated rings. The van der Waals surface area contributed by atoms with Gasteiger partial charge in [0.25, 0.3) is 0 Å². The molecule has 4 heteroatoms. The zero-order chi connectivity index (χ0) is 13.0. The van der Waals surface area contributed by atoms with Crippen molar-refractivity contribution in [1.82, 2.24) is 5.32 Å². The van der Waals surface area contributed by atoms with Crippen molar-refractivity contribution in [2.75, 3.05) is 11.1 Å². The molecule has 98 valence electrons. The number of hydrogen-bond acceptors (Lipinski definition) is 2. The van der Waals surface area contributed by atoms with Crippen LogP contribution < -0.4 is 16.4 Å². The third-order valence-electron chi connectivity index (χ3n) is 3.54. The molecule has 1 aliphatic carbocycles. The lowest BCUT2D eigenvalue weighted by atomic mass is 9.83. The van der Waals surface area contributed by atoms with E-state index < -0.39 is 0 Å². The predicted molar refractivity (Wildman–Crippen MR) is 74.5 cm³/mol. The molecule has 0 aliphatic heterocycles. The average molecular weight is 247 g/mol. The minimum atomic E-state index is -0.135. The van der Waals surface area contributed by atoms with Crippen LogP contribution in [0.3, 0.4) is 0 Å². The molecule has 1 saturated carbocycles. The van der Waals surface area contributed by atoms with Crippen molar-refractivity contribution in [3.63, 3.8) is 0 Å². The van der Waals surface area contributed by atoms with Crippen LogP contribution in [-0.4, -0.2) is 11.6 Å². The predicted octanol–water partition coefficient (Wildman–Crippen LogP) is 3.11. The fraction of sp³-hybridized carbons (Fsp3) is 0.500. The lowest BCUT2D eigenvalue weighted by Crippen LogP contribution is -2.48. The number of rotatable bonds is 2. The summed E-state index contributed by atoms with van der Waals surface area (Å²) in [6, 6.07) is 7.02. The zero-order valence-corrected chi connectivity index (χ0v) is 10.8. The summed E-state index contributed by atoms with van der Waals surface area (Å²) in [4.78, 5) is 11.9. The van der Waals surface area contributed by atoms with Gasteiger partial charge in [0.2, 0.25) is 0 Å². The van der Waals surface area contributed by atoms with Crippen LogP contribution in [0, 0.1) is 0 Å². The molecule has 1 aromatic carbocycles. The van der Waals surface area contributed by atoms with Gasteiger partial charge in [-0.15, -0.1) is 0 Å². The summed E-state index contributed by atoms with van der Waals surface area (Å²) in [5.74, 6) is 0. The summed E-state index contributed by atoms with van der Waals surface area (Å²) in [5, 5.41) is 5.91. The molecule has 0 radical (unpaired) electrons. The standard InChI is InChI=1S/C14H21N3O/c1-14(9-3-2-4-10-14)17-13(18)16-12-7-5-11(15)6-8-12/h5-8H,2-4,9-10,15H2,1H3,(H2,16,17,18). The maximum atomic E-state index is 11.9. The number of carbonyl (C=O) groups is 1. The lowest BCUT2D eigenvalue weighted by molar-refractivity contribution is 0.221. The van der Waals surface area contributed by atoms with Gasteiger partial charge in [-0.2, -0.15) is 0 Å². The Kier molecular flexibility index (Phi) is 3.75. The Morgan fingerprint density at radius 1 is 1.17 bits per heavy atom. The van der Waals surface area contributed by atoms with Gasteiger partial charge in [-0.3, -0.25) is 0 Å². The topological polar surface area (TPSA) is 67.2 Å². The first-order valence-electron chi connectivity index (χ1n) is 6.52. The van der Waals surface area contributed by atoms with E-state index in [2.05, 4.69) is 17.6 Å². The lowest BCUT2D eigenvalue weighted by Gasteiger charge is -2.34. The molecular formula is C14H21N3O. The summed E-state index contributed by atoms with van der Waals surface area (Å²) in [6.45, 7) is 2.12. The molecule has 4 N–H and O–H groups in total. The van der Waals surface area contributed by atoms with Gasteiger partial charge < -0.3 is 16.4 Å². The van der Waals surface area contributed by atoms with Crippen LogP contribution in [0.1, 0.15) is 39.0 Å². The quantitative estimate of drug-likeness (QED) is 0.703. The number of nitrogens with two attached hydrogens (primary N) is 1. The molecule has 0 saturated heterocycles. The molecule has 2 rings (SSSR count). The number of nitrogens with one attached hydrogen (secondary N) is 2. The smallest absolute Gasteiger partial charge is 0.319 e. The van der Waals surface area contributed by atoms with Crippen molar-refractivity contribution >= 4 is 17.4 Å². The SMILES string of the molecule is CC1(NC(=O)Nc2ccc(N)cc2)CCCCC1. The molecule has 18 heavy (non-hydrogen) atoms. The Hall–Kier alpha value is -1.71. The van der Waals surface area contributed by atoms with E-state index in [-0.39, 0.29) is 11.6 Å². The number of hydrogen-bond donors (Lipinski definition) is 3. The molecule has 4 nitrogen and oxygen atoms in total. The third-order valence-corrected chi connectivity index (χ3v) is 3.54. The Bertz CT molecular complexity index is 408. The monoisotopic (exact) mass is 247 g/mol. The molecular weight excluding hydrogens is 226 g/mol. The van der Waals surface area contributed by atoms with E-state index in [4.69, 9.17) is 5.73 Å². The largest absolute Gasteiger partial charge is 0.399 e. The van der Waals surface area contributed by atoms with Crippen molar-refractivity contribution in [2.45, 2.75) is 44.6 Å². The number of urea groups is 1. The van der Waals surface area contributed by atoms with E-state index in [1.54, 1.807) is 24.3 Å². The molecule has 0 atom stereocenters. The van der Waals surface area contributed by atoms with Crippen molar-refractivity contribution in [1.29, 1.82) is 0 Å². The van der Waals surface area contributed by atoms with Crippen LogP contribution in [0.5, 0.6) is 0 Å². The van der Waals surface area contributed by atoms with E-state index in [1.165, 1.54) is 19.3 Å². The first-order chi connectivity index (χ1) is 8.57. The Balaban J connectivity index is 1.90. The van der Waals surface area contributed by atoms with Gasteiger partial charge in [-0.05, 0) is 44.0 Å². The third kappa shape index (κ3) is 3.39. The van der Waals surface area contributed by atoms with E-state index in [0.29, 0.717) is 5.69 Å². The molecule has 1 aliphatic rings. The van der Waals surface area contributed by atoms with E-state index in [9.17, 15) is 4.79 Å². The maximum Gasteiger partial charge on any atom is 0.319 e. The highest BCUT2D eigenvalue weighted by atomic mass is 16.2. The Morgan fingerprint density at radius 2 is 1.78 bits per heavy atom. The summed E-state index contributed by atoms with van der Waals surface area (Å²) >= 11 is 0. The first-order valence-corrected chi connectivity index (χ1v) is 6.52. The van der Waals surface area contributed by atoms with Crippen LogP contribution in [0.4, 0.5) is 16.2 Å². The Labute approximate surface area is 108 Å². The van der Waals surface area contributed by atoms with Crippen LogP contribution in [0.2, 0.25) is 0 Å². The van der Waals surface area contributed by atoms with Gasteiger partial charge in [-0.25, -0.2) is 4.79 Å². The van der Waals surface area contributed by atoms with Crippen molar-refractivity contribution in [3.8, 4) is 0 Å². The molecule has 0 heterocycles. The van der Waals surface area contributed by atoms with Crippen LogP contribution >= 0.6 is 0 Å². The van der Waals surface area contributed by atoms with Gasteiger partial charge in [0.1, 0.15) is 0 Å². The van der Waals surface area contributed by atoms with E-state index >= 15 is 0 Å². The summed E-state index contributed by atoms with van der Waals surface area (Å²) in [7, 11) is 0. The molecule has 0 unspecified atom stereocenters. The average Bonchev–Trinajstić information content (AvgIpc) is 2.32. The summed E-state index contributed by atoms with van der Waals surface area (Å²) < 4.78 is 0. The number of anilines is 2. The number of nitrogen functional groups attached to an aromatic ring is 1. The first kappa shape index (κ1) is 12.7. The second-order valence-corrected chi connectivity index (χ2v) is 5.32. The van der Waals surface area contributed by atoms with Gasteiger partial charge in [-0.1, -0.05) is 19.3 Å². The van der Waals surface area contributed by atoms with Gasteiger partial charge >= 0.3 is 6.03 Å². The summed E-state index contributed by atoms with van der Waals surface area (Å²) in [5.41, 5.74) is 7.00. The fourth-order valence-electron chi connectivity index (χ4n) is 2.46. The normalized spacial score (nSPS) is 18.1. The maximum absolute atomic E-state index is 11.9. The van der Waals surface area contributed by atoms with Crippen LogP contribution in [0.15, 0.2) is 24.3 Å². The number of carbonyl (C=O) groups excluding carboxylic acids is 1. The van der Waals surface area contributed by atoms with Crippen LogP contribution in [0.25, 0.3) is 0 Å². The number of benzene rings is 1. The molecule has 0 bridgehead atoms. The highest BCUT2D eigenvalue weighted by Crippen LogP contribution is 2.27. The molecule has 0 aromatic heterocycles. The molecule has 1 aromatic rings. The highest BCUT2D eigenvalue weighted by molar-refractivity contribution is 5.89. The minimum absolute atomic E-state index is 0.0594. The summed E-state index contributed by atoms with van der Waals surface area (Å²) in [6.07, 6.45) is 5.78. The van der Waals surface area contributed by atoms with Gasteiger partial charge in [0, 0.05) is 16.9 Å². The van der Waals surface area contributed by atoms with Crippen molar-refractivity contribution < 1.29 is 4.79 Å². The highest BCUT2D eigenvalue weighted by Gasteiger charge is 2.28. The van der Waals surface area contributed by atoms with E-state index in [1.807, 2.05) is 0 Å². The minimum Gasteiger partial charge on any atom is -0.399 e. The van der Waals surface area contributed by atoms with E-state index in [0.717, 1.165) is 18.5 Å². The van der Waals surface area contributed by atoms with Gasteiger partial charge in [0.05, 0.1) is 0 Å². The number of amides is 2. The fourth-order valence-corrected chi connectivity index (χ4v) is 2.46.